The molecule has 0 radical (unpaired) electrons. The SMILES string of the molecule is NC1CCC(=O)N(CC(=O)Nc2ccccc2F)C1. The summed E-state index contributed by atoms with van der Waals surface area (Å²) in [5, 5.41) is 2.44. The summed E-state index contributed by atoms with van der Waals surface area (Å²) in [6.07, 6.45) is 0.998. The molecular weight excluding hydrogens is 249 g/mol. The molecule has 1 unspecified atom stereocenters. The molecule has 0 aromatic heterocycles. The molecule has 2 rings (SSSR count). The molecule has 1 aliphatic rings. The summed E-state index contributed by atoms with van der Waals surface area (Å²) < 4.78 is 13.4. The predicted molar refractivity (Wildman–Crippen MR) is 68.8 cm³/mol. The van der Waals surface area contributed by atoms with Crippen molar-refractivity contribution >= 4 is 17.5 Å². The minimum absolute atomic E-state index is 0.0922. The van der Waals surface area contributed by atoms with E-state index in [4.69, 9.17) is 5.73 Å². The molecule has 2 amide bonds. The van der Waals surface area contributed by atoms with Gasteiger partial charge in [-0.3, -0.25) is 9.59 Å². The van der Waals surface area contributed by atoms with E-state index in [1.54, 1.807) is 6.07 Å². The summed E-state index contributed by atoms with van der Waals surface area (Å²) in [7, 11) is 0. The molecule has 19 heavy (non-hydrogen) atoms. The van der Waals surface area contributed by atoms with Crippen molar-refractivity contribution in [2.75, 3.05) is 18.4 Å². The van der Waals surface area contributed by atoms with Crippen LogP contribution >= 0.6 is 0 Å². The number of amides is 2. The van der Waals surface area contributed by atoms with Gasteiger partial charge in [0.15, 0.2) is 0 Å². The highest BCUT2D eigenvalue weighted by atomic mass is 19.1. The normalized spacial score (nSPS) is 19.4. The van der Waals surface area contributed by atoms with Gasteiger partial charge in [-0.1, -0.05) is 12.1 Å². The van der Waals surface area contributed by atoms with Gasteiger partial charge in [-0.2, -0.15) is 0 Å². The zero-order valence-electron chi connectivity index (χ0n) is 10.4. The molecule has 3 N–H and O–H groups in total. The maximum atomic E-state index is 13.4. The Balaban J connectivity index is 1.94. The minimum Gasteiger partial charge on any atom is -0.332 e. The topological polar surface area (TPSA) is 75.4 Å². The summed E-state index contributed by atoms with van der Waals surface area (Å²) in [6.45, 7) is 0.268. The molecule has 1 atom stereocenters. The number of carbonyl (C=O) groups excluding carboxylic acids is 2. The molecule has 0 spiro atoms. The average Bonchev–Trinajstić information content (AvgIpc) is 2.37. The molecule has 5 nitrogen and oxygen atoms in total. The molecule has 0 saturated carbocycles. The third-order valence-corrected chi connectivity index (χ3v) is 3.02. The van der Waals surface area contributed by atoms with Crippen molar-refractivity contribution in [3.05, 3.63) is 30.1 Å². The van der Waals surface area contributed by atoms with Gasteiger partial charge in [0.25, 0.3) is 0 Å². The van der Waals surface area contributed by atoms with Gasteiger partial charge in [0.2, 0.25) is 11.8 Å². The van der Waals surface area contributed by atoms with Crippen molar-refractivity contribution in [1.82, 2.24) is 4.90 Å². The fourth-order valence-corrected chi connectivity index (χ4v) is 2.02. The Labute approximate surface area is 110 Å². The molecule has 102 valence electrons. The smallest absolute Gasteiger partial charge is 0.244 e. The fraction of sp³-hybridized carbons (Fsp3) is 0.385. The van der Waals surface area contributed by atoms with E-state index >= 15 is 0 Å². The maximum Gasteiger partial charge on any atom is 0.244 e. The van der Waals surface area contributed by atoms with Crippen LogP contribution in [0.1, 0.15) is 12.8 Å². The van der Waals surface area contributed by atoms with E-state index in [1.807, 2.05) is 0 Å². The lowest BCUT2D eigenvalue weighted by molar-refractivity contribution is -0.137. The molecule has 0 bridgehead atoms. The molecule has 1 saturated heterocycles. The number of rotatable bonds is 3. The number of hydrogen-bond acceptors (Lipinski definition) is 3. The second-order valence-electron chi connectivity index (χ2n) is 4.60. The molecule has 1 heterocycles. The van der Waals surface area contributed by atoms with Crippen LogP contribution in [-0.2, 0) is 9.59 Å². The van der Waals surface area contributed by atoms with E-state index in [0.717, 1.165) is 0 Å². The first-order chi connectivity index (χ1) is 9.06. The Hall–Kier alpha value is -1.95. The summed E-state index contributed by atoms with van der Waals surface area (Å²) in [5.41, 5.74) is 5.87. The highest BCUT2D eigenvalue weighted by Gasteiger charge is 2.25. The predicted octanol–water partition coefficient (Wildman–Crippen LogP) is 0.714. The summed E-state index contributed by atoms with van der Waals surface area (Å²) in [6, 6.07) is 5.80. The van der Waals surface area contributed by atoms with Crippen LogP contribution < -0.4 is 11.1 Å². The largest absolute Gasteiger partial charge is 0.332 e. The van der Waals surface area contributed by atoms with Gasteiger partial charge in [0.05, 0.1) is 12.2 Å². The molecule has 1 aromatic rings. The third-order valence-electron chi connectivity index (χ3n) is 3.02. The summed E-state index contributed by atoms with van der Waals surface area (Å²) >= 11 is 0. The first-order valence-electron chi connectivity index (χ1n) is 6.14. The lowest BCUT2D eigenvalue weighted by Gasteiger charge is -2.30. The number of para-hydroxylation sites is 1. The van der Waals surface area contributed by atoms with Gasteiger partial charge in [-0.25, -0.2) is 4.39 Å². The molecule has 1 fully saturated rings. The van der Waals surface area contributed by atoms with Gasteiger partial charge in [0, 0.05) is 19.0 Å². The number of nitrogens with one attached hydrogen (secondary N) is 1. The molecular formula is C13H16FN3O2. The Kier molecular flexibility index (Phi) is 4.11. The first-order valence-corrected chi connectivity index (χ1v) is 6.14. The van der Waals surface area contributed by atoms with Crippen molar-refractivity contribution < 1.29 is 14.0 Å². The van der Waals surface area contributed by atoms with Crippen molar-refractivity contribution in [2.45, 2.75) is 18.9 Å². The number of anilines is 1. The zero-order chi connectivity index (χ0) is 13.8. The van der Waals surface area contributed by atoms with Crippen LogP contribution in [0.15, 0.2) is 24.3 Å². The van der Waals surface area contributed by atoms with E-state index in [0.29, 0.717) is 19.4 Å². The van der Waals surface area contributed by atoms with Crippen molar-refractivity contribution in [3.8, 4) is 0 Å². The lowest BCUT2D eigenvalue weighted by Crippen LogP contribution is -2.48. The monoisotopic (exact) mass is 265 g/mol. The number of carbonyl (C=O) groups is 2. The van der Waals surface area contributed by atoms with Crippen LogP contribution in [0.2, 0.25) is 0 Å². The number of hydrogen-bond donors (Lipinski definition) is 2. The van der Waals surface area contributed by atoms with Crippen LogP contribution in [0.5, 0.6) is 0 Å². The Bertz CT molecular complexity index is 493. The number of nitrogens with two attached hydrogens (primary N) is 1. The van der Waals surface area contributed by atoms with Gasteiger partial charge < -0.3 is 16.0 Å². The van der Waals surface area contributed by atoms with Crippen molar-refractivity contribution in [3.63, 3.8) is 0 Å². The van der Waals surface area contributed by atoms with E-state index in [1.165, 1.54) is 23.1 Å². The van der Waals surface area contributed by atoms with Gasteiger partial charge in [-0.05, 0) is 18.6 Å². The van der Waals surface area contributed by atoms with Crippen LogP contribution in [0.4, 0.5) is 10.1 Å². The van der Waals surface area contributed by atoms with Crippen LogP contribution in [0.3, 0.4) is 0 Å². The van der Waals surface area contributed by atoms with Gasteiger partial charge >= 0.3 is 0 Å². The van der Waals surface area contributed by atoms with Crippen LogP contribution in [0.25, 0.3) is 0 Å². The maximum absolute atomic E-state index is 13.4. The van der Waals surface area contributed by atoms with E-state index in [-0.39, 0.29) is 24.2 Å². The van der Waals surface area contributed by atoms with Crippen LogP contribution in [-0.4, -0.2) is 35.8 Å². The molecule has 1 aromatic carbocycles. The highest BCUT2D eigenvalue weighted by Crippen LogP contribution is 2.13. The molecule has 0 aliphatic carbocycles. The van der Waals surface area contributed by atoms with E-state index < -0.39 is 11.7 Å². The summed E-state index contributed by atoms with van der Waals surface area (Å²) in [5.74, 6) is -1.02. The van der Waals surface area contributed by atoms with E-state index in [2.05, 4.69) is 5.32 Å². The quantitative estimate of drug-likeness (QED) is 0.845. The van der Waals surface area contributed by atoms with Gasteiger partial charge in [-0.15, -0.1) is 0 Å². The number of piperidine rings is 1. The van der Waals surface area contributed by atoms with Crippen LogP contribution in [0, 0.1) is 5.82 Å². The first kappa shape index (κ1) is 13.5. The van der Waals surface area contributed by atoms with Crippen molar-refractivity contribution in [1.29, 1.82) is 0 Å². The number of likely N-dealkylation sites (tertiary alicyclic amines) is 1. The molecule has 1 aliphatic heterocycles. The summed E-state index contributed by atoms with van der Waals surface area (Å²) in [4.78, 5) is 24.8. The number of benzene rings is 1. The number of nitrogens with zero attached hydrogens (tertiary/aromatic N) is 1. The second-order valence-corrected chi connectivity index (χ2v) is 4.60. The zero-order valence-corrected chi connectivity index (χ0v) is 10.4. The van der Waals surface area contributed by atoms with Crippen molar-refractivity contribution in [2.24, 2.45) is 5.73 Å². The minimum atomic E-state index is -0.502. The fourth-order valence-electron chi connectivity index (χ4n) is 2.02. The Morgan fingerprint density at radius 2 is 2.21 bits per heavy atom. The number of halogens is 1. The highest BCUT2D eigenvalue weighted by molar-refractivity contribution is 5.94. The third kappa shape index (κ3) is 3.51. The average molecular weight is 265 g/mol. The standard InChI is InChI=1S/C13H16FN3O2/c14-10-3-1-2-4-11(10)16-12(18)8-17-7-9(15)5-6-13(17)19/h1-4,9H,5-8,15H2,(H,16,18). The molecule has 6 heteroatoms. The Morgan fingerprint density at radius 1 is 1.47 bits per heavy atom. The van der Waals surface area contributed by atoms with Gasteiger partial charge in [0.1, 0.15) is 5.82 Å². The van der Waals surface area contributed by atoms with E-state index in [9.17, 15) is 14.0 Å². The second kappa shape index (κ2) is 5.79. The lowest BCUT2D eigenvalue weighted by atomic mass is 10.1. The Morgan fingerprint density at radius 3 is 2.95 bits per heavy atom.